The Morgan fingerprint density at radius 2 is 2.04 bits per heavy atom. The maximum Gasteiger partial charge on any atom is 0.274 e. The zero-order valence-corrected chi connectivity index (χ0v) is 16.3. The molecule has 0 saturated carbocycles. The number of hydroxylamine groups is 1. The highest BCUT2D eigenvalue weighted by atomic mass is 16.5. The molecular weight excluding hydrogens is 350 g/mol. The number of hydrogen-bond acceptors (Lipinski definition) is 3. The molecule has 28 heavy (non-hydrogen) atoms. The van der Waals surface area contributed by atoms with Gasteiger partial charge in [-0.3, -0.25) is 10.0 Å². The molecule has 3 aromatic rings. The molecule has 0 radical (unpaired) electrons. The molecule has 0 fully saturated rings. The van der Waals surface area contributed by atoms with Gasteiger partial charge in [-0.1, -0.05) is 32.1 Å². The highest BCUT2D eigenvalue weighted by molar-refractivity contribution is 5.93. The van der Waals surface area contributed by atoms with E-state index in [0.717, 1.165) is 29.4 Å². The van der Waals surface area contributed by atoms with Crippen LogP contribution in [-0.4, -0.2) is 20.7 Å². The first-order valence-corrected chi connectivity index (χ1v) is 9.63. The van der Waals surface area contributed by atoms with Gasteiger partial charge in [-0.2, -0.15) is 0 Å². The first-order chi connectivity index (χ1) is 13.4. The van der Waals surface area contributed by atoms with Gasteiger partial charge >= 0.3 is 0 Å². The van der Waals surface area contributed by atoms with Gasteiger partial charge in [0.05, 0.1) is 0 Å². The Morgan fingerprint density at radius 1 is 1.25 bits per heavy atom. The molecule has 0 saturated heterocycles. The molecule has 0 unspecified atom stereocenters. The largest absolute Gasteiger partial charge is 0.328 e. The fourth-order valence-electron chi connectivity index (χ4n) is 3.74. The third kappa shape index (κ3) is 3.71. The lowest BCUT2D eigenvalue weighted by Crippen LogP contribution is -2.18. The van der Waals surface area contributed by atoms with Crippen molar-refractivity contribution in [3.05, 3.63) is 71.6 Å². The van der Waals surface area contributed by atoms with Crippen LogP contribution in [0.15, 0.2) is 54.9 Å². The van der Waals surface area contributed by atoms with Gasteiger partial charge in [-0.25, -0.2) is 10.5 Å². The Balaban J connectivity index is 1.55. The lowest BCUT2D eigenvalue weighted by atomic mass is 9.77. The second kappa shape index (κ2) is 7.24. The molecule has 5 heteroatoms. The van der Waals surface area contributed by atoms with E-state index < -0.39 is 5.91 Å². The molecule has 2 N–H and O–H groups in total. The number of fused-ring (bicyclic) bond motifs is 1. The van der Waals surface area contributed by atoms with Crippen molar-refractivity contribution in [3.8, 4) is 0 Å². The van der Waals surface area contributed by atoms with Crippen molar-refractivity contribution in [2.45, 2.75) is 39.7 Å². The van der Waals surface area contributed by atoms with Crippen molar-refractivity contribution in [2.75, 3.05) is 0 Å². The van der Waals surface area contributed by atoms with Gasteiger partial charge in [0.25, 0.3) is 5.91 Å². The Labute approximate surface area is 164 Å². The van der Waals surface area contributed by atoms with E-state index in [0.29, 0.717) is 17.5 Å². The van der Waals surface area contributed by atoms with E-state index in [1.165, 1.54) is 17.6 Å². The minimum atomic E-state index is -0.507. The molecule has 5 nitrogen and oxygen atoms in total. The standard InChI is InChI=1S/C23H25N3O2/c1-23(2)10-7-17(8-11-23)20-13-19-9-12-26(21(19)24-14-20)15-16-3-5-18(6-4-16)22(27)25-28/h3-7,9,12-14,28H,8,10-11,15H2,1-2H3,(H,25,27). The Kier molecular flexibility index (Phi) is 4.77. The van der Waals surface area contributed by atoms with Crippen LogP contribution in [-0.2, 0) is 6.54 Å². The molecule has 144 valence electrons. The van der Waals surface area contributed by atoms with E-state index in [-0.39, 0.29) is 0 Å². The topological polar surface area (TPSA) is 67.2 Å². The maximum absolute atomic E-state index is 11.4. The van der Waals surface area contributed by atoms with Crippen LogP contribution in [0.5, 0.6) is 0 Å². The fourth-order valence-corrected chi connectivity index (χ4v) is 3.74. The molecule has 1 aliphatic rings. The second-order valence-electron chi connectivity index (χ2n) is 8.32. The molecule has 1 aliphatic carbocycles. The van der Waals surface area contributed by atoms with Crippen LogP contribution in [0.25, 0.3) is 16.6 Å². The number of hydrogen-bond donors (Lipinski definition) is 2. The molecule has 1 aromatic carbocycles. The van der Waals surface area contributed by atoms with E-state index >= 15 is 0 Å². The van der Waals surface area contributed by atoms with Crippen LogP contribution in [0.1, 0.15) is 54.6 Å². The van der Waals surface area contributed by atoms with Gasteiger partial charge in [0, 0.05) is 29.9 Å². The zero-order valence-electron chi connectivity index (χ0n) is 16.3. The molecular formula is C23H25N3O2. The van der Waals surface area contributed by atoms with E-state index in [1.54, 1.807) is 17.6 Å². The summed E-state index contributed by atoms with van der Waals surface area (Å²) in [6, 6.07) is 11.5. The van der Waals surface area contributed by atoms with Gasteiger partial charge in [0.15, 0.2) is 0 Å². The summed E-state index contributed by atoms with van der Waals surface area (Å²) in [5.74, 6) is -0.507. The van der Waals surface area contributed by atoms with Gasteiger partial charge < -0.3 is 4.57 Å². The zero-order chi connectivity index (χ0) is 19.7. The fraction of sp³-hybridized carbons (Fsp3) is 0.304. The number of amides is 1. The summed E-state index contributed by atoms with van der Waals surface area (Å²) in [6.07, 6.45) is 9.84. The summed E-state index contributed by atoms with van der Waals surface area (Å²) in [4.78, 5) is 16.2. The van der Waals surface area contributed by atoms with Crippen LogP contribution in [0.2, 0.25) is 0 Å². The normalized spacial score (nSPS) is 16.0. The van der Waals surface area contributed by atoms with Crippen LogP contribution in [0.3, 0.4) is 0 Å². The molecule has 0 spiro atoms. The third-order valence-corrected chi connectivity index (χ3v) is 5.61. The van der Waals surface area contributed by atoms with Crippen LogP contribution < -0.4 is 5.48 Å². The predicted molar refractivity (Wildman–Crippen MR) is 110 cm³/mol. The van der Waals surface area contributed by atoms with Gasteiger partial charge in [-0.05, 0) is 65.6 Å². The molecule has 0 aliphatic heterocycles. The van der Waals surface area contributed by atoms with Gasteiger partial charge in [0.1, 0.15) is 5.65 Å². The number of benzene rings is 1. The SMILES string of the molecule is CC1(C)CC=C(c2cnc3c(ccn3Cc3ccc(C(=O)NO)cc3)c2)CC1. The summed E-state index contributed by atoms with van der Waals surface area (Å²) in [6.45, 7) is 5.32. The summed E-state index contributed by atoms with van der Waals surface area (Å²) >= 11 is 0. The minimum Gasteiger partial charge on any atom is -0.328 e. The summed E-state index contributed by atoms with van der Waals surface area (Å²) in [5.41, 5.74) is 7.12. The summed E-state index contributed by atoms with van der Waals surface area (Å²) in [7, 11) is 0. The van der Waals surface area contributed by atoms with Gasteiger partial charge in [-0.15, -0.1) is 0 Å². The van der Waals surface area contributed by atoms with Crippen molar-refractivity contribution >= 4 is 22.5 Å². The van der Waals surface area contributed by atoms with E-state index in [1.807, 2.05) is 24.5 Å². The van der Waals surface area contributed by atoms with Crippen LogP contribution >= 0.6 is 0 Å². The van der Waals surface area contributed by atoms with Crippen LogP contribution in [0, 0.1) is 5.41 Å². The van der Waals surface area contributed by atoms with Crippen molar-refractivity contribution in [1.29, 1.82) is 0 Å². The molecule has 0 bridgehead atoms. The third-order valence-electron chi connectivity index (χ3n) is 5.61. The summed E-state index contributed by atoms with van der Waals surface area (Å²) in [5, 5.41) is 9.85. The van der Waals surface area contributed by atoms with Crippen LogP contribution in [0.4, 0.5) is 0 Å². The number of aromatic nitrogens is 2. The molecule has 1 amide bonds. The van der Waals surface area contributed by atoms with Gasteiger partial charge in [0.2, 0.25) is 0 Å². The van der Waals surface area contributed by atoms with Crippen molar-refractivity contribution in [3.63, 3.8) is 0 Å². The number of pyridine rings is 1. The lowest BCUT2D eigenvalue weighted by Gasteiger charge is -2.28. The predicted octanol–water partition coefficient (Wildman–Crippen LogP) is 4.80. The van der Waals surface area contributed by atoms with Crippen molar-refractivity contribution < 1.29 is 10.0 Å². The highest BCUT2D eigenvalue weighted by Gasteiger charge is 2.22. The quantitative estimate of drug-likeness (QED) is 0.509. The van der Waals surface area contributed by atoms with Crippen molar-refractivity contribution in [1.82, 2.24) is 15.0 Å². The van der Waals surface area contributed by atoms with E-state index in [4.69, 9.17) is 10.2 Å². The second-order valence-corrected chi connectivity index (χ2v) is 8.32. The number of rotatable bonds is 4. The number of allylic oxidation sites excluding steroid dienone is 2. The molecule has 4 rings (SSSR count). The van der Waals surface area contributed by atoms with E-state index in [9.17, 15) is 4.79 Å². The lowest BCUT2D eigenvalue weighted by molar-refractivity contribution is 0.0706. The first-order valence-electron chi connectivity index (χ1n) is 9.63. The monoisotopic (exact) mass is 375 g/mol. The maximum atomic E-state index is 11.4. The number of carbonyl (C=O) groups is 1. The smallest absolute Gasteiger partial charge is 0.274 e. The number of nitrogens with zero attached hydrogens (tertiary/aromatic N) is 2. The average molecular weight is 375 g/mol. The minimum absolute atomic E-state index is 0.401. The molecule has 0 atom stereocenters. The average Bonchev–Trinajstić information content (AvgIpc) is 3.10. The first kappa shape index (κ1) is 18.4. The van der Waals surface area contributed by atoms with Crippen molar-refractivity contribution in [2.24, 2.45) is 5.41 Å². The Bertz CT molecular complexity index is 1050. The Morgan fingerprint density at radius 3 is 2.71 bits per heavy atom. The summed E-state index contributed by atoms with van der Waals surface area (Å²) < 4.78 is 2.11. The highest BCUT2D eigenvalue weighted by Crippen LogP contribution is 2.38. The molecule has 2 aromatic heterocycles. The van der Waals surface area contributed by atoms with E-state index in [2.05, 4.69) is 36.6 Å². The number of carbonyl (C=O) groups excluding carboxylic acids is 1. The molecule has 2 heterocycles. The Hall–Kier alpha value is -2.92. The number of nitrogens with one attached hydrogen (secondary N) is 1.